The van der Waals surface area contributed by atoms with E-state index in [4.69, 9.17) is 4.74 Å². The third-order valence-corrected chi connectivity index (χ3v) is 1.97. The summed E-state index contributed by atoms with van der Waals surface area (Å²) in [6, 6.07) is -1.69. The standard InChI is InChI=1S/C11H18N2O5.Na/c1-4-8(9(14)15)13-11(17)12-5-6-18-10(16)7(2)3;/h8H,2,4-6H2,1,3H3,(H,14,15)(H2,12,13,17);/q;+1/p-1. The second kappa shape index (κ2) is 10.8. The Morgan fingerprint density at radius 1 is 1.37 bits per heavy atom. The molecule has 0 aliphatic rings. The fourth-order valence-electron chi connectivity index (χ4n) is 0.968. The fraction of sp³-hybridized carbons (Fsp3) is 0.545. The van der Waals surface area contributed by atoms with Crippen LogP contribution < -0.4 is 45.3 Å². The zero-order valence-corrected chi connectivity index (χ0v) is 13.4. The summed E-state index contributed by atoms with van der Waals surface area (Å²) in [6.45, 7) is 6.57. The van der Waals surface area contributed by atoms with E-state index in [9.17, 15) is 19.5 Å². The summed E-state index contributed by atoms with van der Waals surface area (Å²) in [6.07, 6.45) is 0.223. The van der Waals surface area contributed by atoms with E-state index in [0.29, 0.717) is 0 Å². The first-order valence-corrected chi connectivity index (χ1v) is 5.46. The molecule has 0 aliphatic heterocycles. The predicted octanol–water partition coefficient (Wildman–Crippen LogP) is -4.06. The number of esters is 1. The zero-order chi connectivity index (χ0) is 14.1. The van der Waals surface area contributed by atoms with E-state index < -0.39 is 24.0 Å². The maximum atomic E-state index is 11.2. The Morgan fingerprint density at radius 3 is 2.37 bits per heavy atom. The van der Waals surface area contributed by atoms with Gasteiger partial charge >= 0.3 is 41.6 Å². The van der Waals surface area contributed by atoms with E-state index >= 15 is 0 Å². The van der Waals surface area contributed by atoms with Crippen LogP contribution in [0, 0.1) is 0 Å². The van der Waals surface area contributed by atoms with Crippen molar-refractivity contribution in [1.82, 2.24) is 10.6 Å². The molecule has 0 spiro atoms. The van der Waals surface area contributed by atoms with Crippen molar-refractivity contribution < 1.29 is 53.8 Å². The quantitative estimate of drug-likeness (QED) is 0.213. The van der Waals surface area contributed by atoms with Gasteiger partial charge in [0.1, 0.15) is 6.61 Å². The SMILES string of the molecule is C=C(C)C(=O)OCCNC(=O)NC(CC)C(=O)[O-].[Na+]. The second-order valence-corrected chi connectivity index (χ2v) is 3.60. The van der Waals surface area contributed by atoms with Gasteiger partial charge in [-0.2, -0.15) is 0 Å². The number of hydrogen-bond donors (Lipinski definition) is 2. The number of ether oxygens (including phenoxy) is 1. The second-order valence-electron chi connectivity index (χ2n) is 3.60. The molecule has 0 rings (SSSR count). The van der Waals surface area contributed by atoms with Gasteiger partial charge in [-0.1, -0.05) is 13.5 Å². The minimum Gasteiger partial charge on any atom is -0.548 e. The van der Waals surface area contributed by atoms with E-state index in [0.717, 1.165) is 0 Å². The molecule has 0 bridgehead atoms. The third kappa shape index (κ3) is 9.52. The van der Waals surface area contributed by atoms with Crippen LogP contribution in [0.4, 0.5) is 4.79 Å². The predicted molar refractivity (Wildman–Crippen MR) is 61.4 cm³/mol. The van der Waals surface area contributed by atoms with Crippen LogP contribution in [-0.2, 0) is 14.3 Å². The van der Waals surface area contributed by atoms with Gasteiger partial charge in [-0.25, -0.2) is 9.59 Å². The summed E-state index contributed by atoms with van der Waals surface area (Å²) in [5, 5.41) is 15.1. The van der Waals surface area contributed by atoms with Crippen LogP contribution in [0.15, 0.2) is 12.2 Å². The fourth-order valence-corrected chi connectivity index (χ4v) is 0.968. The molecule has 0 radical (unpaired) electrons. The molecule has 2 N–H and O–H groups in total. The number of amides is 2. The Morgan fingerprint density at radius 2 is 1.95 bits per heavy atom. The molecule has 1 unspecified atom stereocenters. The van der Waals surface area contributed by atoms with Crippen molar-refractivity contribution in [2.45, 2.75) is 26.3 Å². The molecular formula is C11H17N2NaO5. The molecule has 0 aromatic rings. The normalized spacial score (nSPS) is 10.6. The molecule has 19 heavy (non-hydrogen) atoms. The van der Waals surface area contributed by atoms with Crippen LogP contribution in [0.1, 0.15) is 20.3 Å². The smallest absolute Gasteiger partial charge is 0.548 e. The van der Waals surface area contributed by atoms with Gasteiger partial charge in [0.25, 0.3) is 0 Å². The Hall–Kier alpha value is -1.05. The first-order valence-electron chi connectivity index (χ1n) is 5.46. The number of urea groups is 1. The van der Waals surface area contributed by atoms with Crippen molar-refractivity contribution in [2.75, 3.05) is 13.2 Å². The van der Waals surface area contributed by atoms with Crippen LogP contribution in [0.5, 0.6) is 0 Å². The van der Waals surface area contributed by atoms with Gasteiger partial charge in [0.2, 0.25) is 0 Å². The van der Waals surface area contributed by atoms with Gasteiger partial charge in [-0.3, -0.25) is 0 Å². The molecule has 0 aromatic carbocycles. The molecule has 0 aromatic heterocycles. The van der Waals surface area contributed by atoms with Crippen molar-refractivity contribution >= 4 is 18.0 Å². The molecule has 102 valence electrons. The molecule has 0 heterocycles. The zero-order valence-electron chi connectivity index (χ0n) is 11.4. The molecule has 0 saturated carbocycles. The molecule has 0 fully saturated rings. The number of carbonyl (C=O) groups is 3. The van der Waals surface area contributed by atoms with E-state index in [1.165, 1.54) is 6.92 Å². The largest absolute Gasteiger partial charge is 1.00 e. The van der Waals surface area contributed by atoms with Crippen molar-refractivity contribution in [1.29, 1.82) is 0 Å². The average molecular weight is 280 g/mol. The number of carboxylic acids is 1. The van der Waals surface area contributed by atoms with Gasteiger partial charge in [-0.05, 0) is 13.3 Å². The van der Waals surface area contributed by atoms with Crippen molar-refractivity contribution in [3.63, 3.8) is 0 Å². The minimum absolute atomic E-state index is 0. The van der Waals surface area contributed by atoms with Crippen LogP contribution in [0.25, 0.3) is 0 Å². The van der Waals surface area contributed by atoms with Crippen molar-refractivity contribution in [2.24, 2.45) is 0 Å². The third-order valence-electron chi connectivity index (χ3n) is 1.97. The summed E-state index contributed by atoms with van der Waals surface area (Å²) in [7, 11) is 0. The molecule has 8 heteroatoms. The van der Waals surface area contributed by atoms with Crippen LogP contribution in [0.2, 0.25) is 0 Å². The summed E-state index contributed by atoms with van der Waals surface area (Å²) in [5.41, 5.74) is 0.266. The number of carboxylic acid groups (broad SMARTS) is 1. The van der Waals surface area contributed by atoms with E-state index in [2.05, 4.69) is 17.2 Å². The van der Waals surface area contributed by atoms with E-state index in [-0.39, 0.29) is 54.7 Å². The summed E-state index contributed by atoms with van der Waals surface area (Å²) in [5.74, 6) is -1.89. The number of carbonyl (C=O) groups excluding carboxylic acids is 3. The van der Waals surface area contributed by atoms with E-state index in [1.807, 2.05) is 0 Å². The van der Waals surface area contributed by atoms with Crippen LogP contribution >= 0.6 is 0 Å². The first kappa shape index (κ1) is 20.3. The first-order chi connectivity index (χ1) is 8.38. The molecular weight excluding hydrogens is 263 g/mol. The van der Waals surface area contributed by atoms with E-state index in [1.54, 1.807) is 6.92 Å². The molecule has 0 saturated heterocycles. The molecule has 7 nitrogen and oxygen atoms in total. The summed E-state index contributed by atoms with van der Waals surface area (Å²) < 4.78 is 4.72. The van der Waals surface area contributed by atoms with Gasteiger partial charge in [0, 0.05) is 5.57 Å². The average Bonchev–Trinajstić information content (AvgIpc) is 2.30. The van der Waals surface area contributed by atoms with Gasteiger partial charge < -0.3 is 25.3 Å². The monoisotopic (exact) mass is 280 g/mol. The van der Waals surface area contributed by atoms with Crippen LogP contribution in [-0.4, -0.2) is 37.2 Å². The Balaban J connectivity index is 0. The minimum atomic E-state index is -1.35. The topological polar surface area (TPSA) is 108 Å². The number of nitrogens with one attached hydrogen (secondary N) is 2. The van der Waals surface area contributed by atoms with Gasteiger partial charge in [0.15, 0.2) is 0 Å². The number of aliphatic carboxylic acids is 1. The van der Waals surface area contributed by atoms with Gasteiger partial charge in [-0.15, -0.1) is 0 Å². The van der Waals surface area contributed by atoms with Gasteiger partial charge in [0.05, 0.1) is 18.6 Å². The maximum absolute atomic E-state index is 11.2. The maximum Gasteiger partial charge on any atom is 1.00 e. The van der Waals surface area contributed by atoms with Crippen molar-refractivity contribution in [3.8, 4) is 0 Å². The Labute approximate surface area is 134 Å². The summed E-state index contributed by atoms with van der Waals surface area (Å²) >= 11 is 0. The van der Waals surface area contributed by atoms with Crippen molar-refractivity contribution in [3.05, 3.63) is 12.2 Å². The number of hydrogen-bond acceptors (Lipinski definition) is 5. The Kier molecular flexibility index (Phi) is 11.6. The Bertz CT molecular complexity index is 346. The molecule has 0 aliphatic carbocycles. The molecule has 2 amide bonds. The number of rotatable bonds is 7. The summed E-state index contributed by atoms with van der Waals surface area (Å²) in [4.78, 5) is 32.7. The molecule has 1 atom stereocenters. The van der Waals surface area contributed by atoms with Crippen LogP contribution in [0.3, 0.4) is 0 Å².